The predicted octanol–water partition coefficient (Wildman–Crippen LogP) is 1.52. The average Bonchev–Trinajstić information content (AvgIpc) is 2.63. The summed E-state index contributed by atoms with van der Waals surface area (Å²) in [5.41, 5.74) is 8.56. The summed E-state index contributed by atoms with van der Waals surface area (Å²) in [7, 11) is 0. The van der Waals surface area contributed by atoms with Crippen LogP contribution in [0.5, 0.6) is 0 Å². The zero-order valence-electron chi connectivity index (χ0n) is 9.14. The maximum absolute atomic E-state index is 5.71. The van der Waals surface area contributed by atoms with Crippen molar-refractivity contribution in [2.45, 2.75) is 13.8 Å². The Morgan fingerprint density at radius 1 is 1.44 bits per heavy atom. The number of rotatable bonds is 2. The highest BCUT2D eigenvalue weighted by Gasteiger charge is 2.11. The van der Waals surface area contributed by atoms with E-state index >= 15 is 0 Å². The normalized spacial score (nSPS) is 10.4. The quantitative estimate of drug-likeness (QED) is 0.798. The van der Waals surface area contributed by atoms with E-state index < -0.39 is 0 Å². The van der Waals surface area contributed by atoms with Crippen molar-refractivity contribution in [2.24, 2.45) is 5.73 Å². The first-order chi connectivity index (χ1) is 7.59. The second kappa shape index (κ2) is 4.02. The zero-order valence-corrected chi connectivity index (χ0v) is 9.95. The number of pyridine rings is 1. The lowest BCUT2D eigenvalue weighted by molar-refractivity contribution is 0.842. The van der Waals surface area contributed by atoms with Gasteiger partial charge in [0.2, 0.25) is 0 Å². The van der Waals surface area contributed by atoms with Crippen molar-refractivity contribution < 1.29 is 0 Å². The molecule has 0 radical (unpaired) electrons. The molecule has 0 aliphatic carbocycles. The van der Waals surface area contributed by atoms with Crippen LogP contribution in [-0.4, -0.2) is 19.8 Å². The molecule has 2 rings (SSSR count). The van der Waals surface area contributed by atoms with Crippen molar-refractivity contribution in [3.05, 3.63) is 41.3 Å². The molecule has 0 aromatic carbocycles. The summed E-state index contributed by atoms with van der Waals surface area (Å²) in [6.07, 6.45) is 5.39. The monoisotopic (exact) mass is 232 g/mol. The molecule has 0 amide bonds. The van der Waals surface area contributed by atoms with Gasteiger partial charge in [0, 0.05) is 12.4 Å². The molecule has 0 fully saturated rings. The van der Waals surface area contributed by atoms with Gasteiger partial charge in [-0.3, -0.25) is 0 Å². The van der Waals surface area contributed by atoms with Crippen molar-refractivity contribution in [3.8, 4) is 5.82 Å². The smallest absolute Gasteiger partial charge is 0.163 e. The summed E-state index contributed by atoms with van der Waals surface area (Å²) in [6.45, 7) is 3.93. The van der Waals surface area contributed by atoms with Gasteiger partial charge in [-0.05, 0) is 31.0 Å². The van der Waals surface area contributed by atoms with Gasteiger partial charge >= 0.3 is 0 Å². The summed E-state index contributed by atoms with van der Waals surface area (Å²) in [6, 6.07) is 1.88. The van der Waals surface area contributed by atoms with Crippen molar-refractivity contribution in [1.29, 1.82) is 0 Å². The van der Waals surface area contributed by atoms with Gasteiger partial charge in [0.25, 0.3) is 0 Å². The molecule has 4 nitrogen and oxygen atoms in total. The van der Waals surface area contributed by atoms with Crippen LogP contribution in [0.2, 0.25) is 0 Å². The van der Waals surface area contributed by atoms with Crippen LogP contribution in [0.3, 0.4) is 0 Å². The molecule has 0 saturated heterocycles. The van der Waals surface area contributed by atoms with Crippen molar-refractivity contribution in [1.82, 2.24) is 14.8 Å². The minimum atomic E-state index is 0.341. The van der Waals surface area contributed by atoms with Crippen molar-refractivity contribution >= 4 is 17.2 Å². The second-order valence-corrected chi connectivity index (χ2v) is 4.09. The number of hydrogen-bond acceptors (Lipinski definition) is 3. The minimum Gasteiger partial charge on any atom is -0.389 e. The van der Waals surface area contributed by atoms with Gasteiger partial charge in [-0.2, -0.15) is 5.10 Å². The lowest BCUT2D eigenvalue weighted by atomic mass is 10.1. The summed E-state index contributed by atoms with van der Waals surface area (Å²) in [4.78, 5) is 4.62. The molecule has 2 aromatic heterocycles. The molecule has 5 heteroatoms. The molecule has 16 heavy (non-hydrogen) atoms. The topological polar surface area (TPSA) is 56.7 Å². The van der Waals surface area contributed by atoms with E-state index in [9.17, 15) is 0 Å². The molecular formula is C11H12N4S. The van der Waals surface area contributed by atoms with Crippen LogP contribution in [0.4, 0.5) is 0 Å². The van der Waals surface area contributed by atoms with Crippen LogP contribution in [0.15, 0.2) is 24.7 Å². The Bertz CT molecular complexity index is 545. The Kier molecular flexibility index (Phi) is 2.70. The molecule has 82 valence electrons. The van der Waals surface area contributed by atoms with Crippen LogP contribution in [-0.2, 0) is 0 Å². The fraction of sp³-hybridized carbons (Fsp3) is 0.182. The van der Waals surface area contributed by atoms with E-state index in [0.29, 0.717) is 10.8 Å². The Hall–Kier alpha value is -1.75. The molecule has 0 unspecified atom stereocenters. The minimum absolute atomic E-state index is 0.341. The van der Waals surface area contributed by atoms with E-state index in [1.807, 2.05) is 26.1 Å². The molecule has 2 N–H and O–H groups in total. The SMILES string of the molecule is Cc1cnn(-c2nccc(C)c2C(N)=S)c1. The lowest BCUT2D eigenvalue weighted by Gasteiger charge is -2.09. The van der Waals surface area contributed by atoms with Gasteiger partial charge in [0.15, 0.2) is 5.82 Å². The van der Waals surface area contributed by atoms with Crippen LogP contribution in [0.1, 0.15) is 16.7 Å². The van der Waals surface area contributed by atoms with Crippen LogP contribution in [0, 0.1) is 13.8 Å². The highest BCUT2D eigenvalue weighted by molar-refractivity contribution is 7.80. The molecule has 0 spiro atoms. The first-order valence-electron chi connectivity index (χ1n) is 4.86. The summed E-state index contributed by atoms with van der Waals surface area (Å²) >= 11 is 5.04. The van der Waals surface area contributed by atoms with Gasteiger partial charge < -0.3 is 5.73 Å². The average molecular weight is 232 g/mol. The highest BCUT2D eigenvalue weighted by Crippen LogP contribution is 2.15. The Balaban J connectivity index is 2.65. The fourth-order valence-electron chi connectivity index (χ4n) is 1.55. The summed E-state index contributed by atoms with van der Waals surface area (Å²) in [5.74, 6) is 0.681. The third-order valence-electron chi connectivity index (χ3n) is 2.31. The Labute approximate surface area is 99.1 Å². The molecule has 0 aliphatic heterocycles. The van der Waals surface area contributed by atoms with Gasteiger partial charge in [-0.25, -0.2) is 9.67 Å². The fourth-order valence-corrected chi connectivity index (χ4v) is 1.80. The van der Waals surface area contributed by atoms with Crippen LogP contribution in [0.25, 0.3) is 5.82 Å². The van der Waals surface area contributed by atoms with Gasteiger partial charge in [-0.15, -0.1) is 0 Å². The third-order valence-corrected chi connectivity index (χ3v) is 2.52. The van der Waals surface area contributed by atoms with Gasteiger partial charge in [0.1, 0.15) is 4.99 Å². The molecular weight excluding hydrogens is 220 g/mol. The maximum Gasteiger partial charge on any atom is 0.163 e. The number of thiocarbonyl (C=S) groups is 1. The molecule has 0 atom stereocenters. The molecule has 0 aliphatic rings. The predicted molar refractivity (Wildman–Crippen MR) is 66.7 cm³/mol. The van der Waals surface area contributed by atoms with Crippen molar-refractivity contribution in [3.63, 3.8) is 0 Å². The Morgan fingerprint density at radius 2 is 2.19 bits per heavy atom. The molecule has 2 aromatic rings. The number of nitrogens with zero attached hydrogens (tertiary/aromatic N) is 3. The number of hydrogen-bond donors (Lipinski definition) is 1. The van der Waals surface area contributed by atoms with Crippen LogP contribution < -0.4 is 5.73 Å². The number of aryl methyl sites for hydroxylation is 2. The van der Waals surface area contributed by atoms with E-state index in [1.165, 1.54) is 0 Å². The first kappa shape index (κ1) is 10.8. The second-order valence-electron chi connectivity index (χ2n) is 3.65. The Morgan fingerprint density at radius 3 is 2.75 bits per heavy atom. The van der Waals surface area contributed by atoms with Crippen molar-refractivity contribution in [2.75, 3.05) is 0 Å². The number of aromatic nitrogens is 3. The highest BCUT2D eigenvalue weighted by atomic mass is 32.1. The lowest BCUT2D eigenvalue weighted by Crippen LogP contribution is -2.16. The standard InChI is InChI=1S/C11H12N4S/c1-7-5-14-15(6-7)11-9(10(12)16)8(2)3-4-13-11/h3-6H,1-2H3,(H2,12,16). The van der Waals surface area contributed by atoms with E-state index in [0.717, 1.165) is 16.7 Å². The third kappa shape index (κ3) is 1.81. The van der Waals surface area contributed by atoms with E-state index in [2.05, 4.69) is 10.1 Å². The summed E-state index contributed by atoms with van der Waals surface area (Å²) in [5, 5.41) is 4.21. The molecule has 2 heterocycles. The largest absolute Gasteiger partial charge is 0.389 e. The van der Waals surface area contributed by atoms with E-state index in [4.69, 9.17) is 18.0 Å². The maximum atomic E-state index is 5.71. The van der Waals surface area contributed by atoms with Gasteiger partial charge in [0.05, 0.1) is 11.8 Å². The molecule has 0 saturated carbocycles. The molecule has 0 bridgehead atoms. The first-order valence-corrected chi connectivity index (χ1v) is 5.27. The van der Waals surface area contributed by atoms with Crippen LogP contribution >= 0.6 is 12.2 Å². The van der Waals surface area contributed by atoms with Gasteiger partial charge in [-0.1, -0.05) is 12.2 Å². The van der Waals surface area contributed by atoms with E-state index in [1.54, 1.807) is 17.1 Å². The van der Waals surface area contributed by atoms with E-state index in [-0.39, 0.29) is 0 Å². The summed E-state index contributed by atoms with van der Waals surface area (Å²) < 4.78 is 1.69. The number of nitrogens with two attached hydrogens (primary N) is 1. The zero-order chi connectivity index (χ0) is 11.7.